The molecule has 0 radical (unpaired) electrons. The van der Waals surface area contributed by atoms with E-state index in [1.807, 2.05) is 32.0 Å². The monoisotopic (exact) mass is 269 g/mol. The van der Waals surface area contributed by atoms with Gasteiger partial charge in [-0.2, -0.15) is 0 Å². The van der Waals surface area contributed by atoms with Crippen LogP contribution in [0.4, 0.5) is 5.69 Å². The lowest BCUT2D eigenvalue weighted by atomic mass is 10.1. The predicted molar refractivity (Wildman–Crippen MR) is 74.1 cm³/mol. The number of nitrogens with one attached hydrogen (secondary N) is 1. The van der Waals surface area contributed by atoms with Crippen molar-refractivity contribution in [3.8, 4) is 0 Å². The number of hydrogen-bond donors (Lipinski definition) is 2. The number of carbonyl (C=O) groups excluding carboxylic acids is 1. The number of anilines is 1. The maximum absolute atomic E-state index is 11.7. The van der Waals surface area contributed by atoms with E-state index in [1.54, 1.807) is 0 Å². The van der Waals surface area contributed by atoms with E-state index < -0.39 is 10.8 Å². The SMILES string of the molecule is Cc1ccc(NC(=O)CS(=O)CCCO)c(C)c1. The van der Waals surface area contributed by atoms with E-state index in [9.17, 15) is 9.00 Å². The van der Waals surface area contributed by atoms with Crippen LogP contribution in [-0.4, -0.2) is 33.3 Å². The van der Waals surface area contributed by atoms with E-state index in [0.717, 1.165) is 16.8 Å². The van der Waals surface area contributed by atoms with Crippen molar-refractivity contribution in [1.82, 2.24) is 0 Å². The van der Waals surface area contributed by atoms with Crippen LogP contribution in [0.1, 0.15) is 17.5 Å². The second-order valence-electron chi connectivity index (χ2n) is 4.23. The molecule has 0 saturated carbocycles. The fourth-order valence-corrected chi connectivity index (χ4v) is 2.54. The van der Waals surface area contributed by atoms with Crippen molar-refractivity contribution >= 4 is 22.4 Å². The molecule has 0 saturated heterocycles. The van der Waals surface area contributed by atoms with Gasteiger partial charge in [-0.25, -0.2) is 0 Å². The average molecular weight is 269 g/mol. The van der Waals surface area contributed by atoms with Gasteiger partial charge in [-0.3, -0.25) is 9.00 Å². The molecule has 4 nitrogen and oxygen atoms in total. The van der Waals surface area contributed by atoms with Gasteiger partial charge < -0.3 is 10.4 Å². The Kier molecular flexibility index (Phi) is 6.01. The number of aliphatic hydroxyl groups is 1. The van der Waals surface area contributed by atoms with Gasteiger partial charge in [0.05, 0.1) is 0 Å². The summed E-state index contributed by atoms with van der Waals surface area (Å²) < 4.78 is 11.5. The van der Waals surface area contributed by atoms with Gasteiger partial charge in [-0.15, -0.1) is 0 Å². The first-order valence-electron chi connectivity index (χ1n) is 5.86. The topological polar surface area (TPSA) is 66.4 Å². The normalized spacial score (nSPS) is 12.2. The molecule has 1 rings (SSSR count). The third kappa shape index (κ3) is 4.98. The van der Waals surface area contributed by atoms with E-state index in [-0.39, 0.29) is 18.3 Å². The van der Waals surface area contributed by atoms with E-state index >= 15 is 0 Å². The number of aryl methyl sites for hydroxylation is 2. The van der Waals surface area contributed by atoms with Crippen molar-refractivity contribution in [2.75, 3.05) is 23.4 Å². The Morgan fingerprint density at radius 2 is 2.11 bits per heavy atom. The molecule has 100 valence electrons. The molecule has 18 heavy (non-hydrogen) atoms. The lowest BCUT2D eigenvalue weighted by molar-refractivity contribution is -0.113. The Labute approximate surface area is 110 Å². The summed E-state index contributed by atoms with van der Waals surface area (Å²) in [4.78, 5) is 11.7. The average Bonchev–Trinajstić information content (AvgIpc) is 2.30. The highest BCUT2D eigenvalue weighted by molar-refractivity contribution is 7.85. The zero-order valence-corrected chi connectivity index (χ0v) is 11.5. The van der Waals surface area contributed by atoms with Crippen molar-refractivity contribution in [1.29, 1.82) is 0 Å². The molecule has 0 spiro atoms. The number of carbonyl (C=O) groups is 1. The summed E-state index contributed by atoms with van der Waals surface area (Å²) >= 11 is 0. The fourth-order valence-electron chi connectivity index (χ4n) is 1.58. The summed E-state index contributed by atoms with van der Waals surface area (Å²) in [6.45, 7) is 3.91. The Morgan fingerprint density at radius 1 is 1.39 bits per heavy atom. The molecule has 0 bridgehead atoms. The van der Waals surface area contributed by atoms with Gasteiger partial charge in [0.2, 0.25) is 5.91 Å². The minimum Gasteiger partial charge on any atom is -0.396 e. The molecule has 1 unspecified atom stereocenters. The Bertz CT molecular complexity index is 446. The molecule has 5 heteroatoms. The second-order valence-corrected chi connectivity index (χ2v) is 5.81. The summed E-state index contributed by atoms with van der Waals surface area (Å²) in [6, 6.07) is 5.75. The van der Waals surface area contributed by atoms with E-state index in [4.69, 9.17) is 5.11 Å². The molecule has 0 aliphatic rings. The Hall–Kier alpha value is -1.20. The zero-order valence-electron chi connectivity index (χ0n) is 10.7. The molecular formula is C13H19NO3S. The molecule has 0 fully saturated rings. The predicted octanol–water partition coefficient (Wildman–Crippen LogP) is 1.37. The van der Waals surface area contributed by atoms with Gasteiger partial charge in [-0.1, -0.05) is 17.7 Å². The van der Waals surface area contributed by atoms with Crippen molar-refractivity contribution < 1.29 is 14.1 Å². The van der Waals surface area contributed by atoms with Crippen LogP contribution in [0.25, 0.3) is 0 Å². The first-order chi connectivity index (χ1) is 8.52. The zero-order chi connectivity index (χ0) is 13.5. The van der Waals surface area contributed by atoms with Gasteiger partial charge in [0.15, 0.2) is 0 Å². The van der Waals surface area contributed by atoms with Crippen LogP contribution in [-0.2, 0) is 15.6 Å². The van der Waals surface area contributed by atoms with Crippen LogP contribution in [0.3, 0.4) is 0 Å². The van der Waals surface area contributed by atoms with Gasteiger partial charge in [-0.05, 0) is 31.9 Å². The van der Waals surface area contributed by atoms with Gasteiger partial charge in [0.1, 0.15) is 5.75 Å². The Balaban J connectivity index is 2.51. The molecule has 0 aliphatic carbocycles. The lowest BCUT2D eigenvalue weighted by Crippen LogP contribution is -2.21. The molecule has 0 aromatic heterocycles. The van der Waals surface area contributed by atoms with Crippen LogP contribution >= 0.6 is 0 Å². The number of aliphatic hydroxyl groups excluding tert-OH is 1. The molecule has 2 N–H and O–H groups in total. The molecule has 0 aliphatic heterocycles. The summed E-state index contributed by atoms with van der Waals surface area (Å²) in [7, 11) is -1.21. The summed E-state index contributed by atoms with van der Waals surface area (Å²) in [5.74, 6) is 0.0858. The second kappa shape index (κ2) is 7.28. The van der Waals surface area contributed by atoms with E-state index in [2.05, 4.69) is 5.32 Å². The third-order valence-corrected chi connectivity index (χ3v) is 3.81. The highest BCUT2D eigenvalue weighted by Gasteiger charge is 2.09. The summed E-state index contributed by atoms with van der Waals surface area (Å²) in [6.07, 6.45) is 0.462. The minimum absolute atomic E-state index is 0.00439. The first-order valence-corrected chi connectivity index (χ1v) is 7.34. The van der Waals surface area contributed by atoms with Crippen molar-refractivity contribution in [2.45, 2.75) is 20.3 Å². The fraction of sp³-hybridized carbons (Fsp3) is 0.462. The van der Waals surface area contributed by atoms with Crippen LogP contribution in [0.2, 0.25) is 0 Å². The van der Waals surface area contributed by atoms with Crippen LogP contribution in [0.5, 0.6) is 0 Å². The largest absolute Gasteiger partial charge is 0.396 e. The number of hydrogen-bond acceptors (Lipinski definition) is 3. The molecular weight excluding hydrogens is 250 g/mol. The molecule has 1 atom stereocenters. The molecule has 1 aromatic rings. The van der Waals surface area contributed by atoms with Gasteiger partial charge in [0.25, 0.3) is 0 Å². The first kappa shape index (κ1) is 14.9. The maximum atomic E-state index is 11.7. The minimum atomic E-state index is -1.21. The van der Waals surface area contributed by atoms with Crippen molar-refractivity contribution in [3.63, 3.8) is 0 Å². The number of rotatable bonds is 6. The highest BCUT2D eigenvalue weighted by atomic mass is 32.2. The summed E-state index contributed by atoms with van der Waals surface area (Å²) in [5, 5.41) is 11.4. The smallest absolute Gasteiger partial charge is 0.236 e. The standard InChI is InChI=1S/C13H19NO3S/c1-10-4-5-12(11(2)8-10)14-13(16)9-18(17)7-3-6-15/h4-5,8,15H,3,6-7,9H2,1-2H3,(H,14,16). The molecule has 1 amide bonds. The van der Waals surface area contributed by atoms with E-state index in [0.29, 0.717) is 12.2 Å². The number of amides is 1. The van der Waals surface area contributed by atoms with Crippen LogP contribution in [0.15, 0.2) is 18.2 Å². The third-order valence-electron chi connectivity index (χ3n) is 2.48. The maximum Gasteiger partial charge on any atom is 0.236 e. The quantitative estimate of drug-likeness (QED) is 0.819. The Morgan fingerprint density at radius 3 is 2.72 bits per heavy atom. The van der Waals surface area contributed by atoms with Crippen molar-refractivity contribution in [3.05, 3.63) is 29.3 Å². The van der Waals surface area contributed by atoms with Crippen LogP contribution < -0.4 is 5.32 Å². The molecule has 1 aromatic carbocycles. The number of benzene rings is 1. The van der Waals surface area contributed by atoms with E-state index in [1.165, 1.54) is 0 Å². The van der Waals surface area contributed by atoms with Gasteiger partial charge >= 0.3 is 0 Å². The van der Waals surface area contributed by atoms with Crippen molar-refractivity contribution in [2.24, 2.45) is 0 Å². The lowest BCUT2D eigenvalue weighted by Gasteiger charge is -2.09. The highest BCUT2D eigenvalue weighted by Crippen LogP contribution is 2.15. The molecule has 0 heterocycles. The van der Waals surface area contributed by atoms with Gasteiger partial charge in [0, 0.05) is 28.8 Å². The van der Waals surface area contributed by atoms with Crippen LogP contribution in [0, 0.1) is 13.8 Å². The summed E-state index contributed by atoms with van der Waals surface area (Å²) in [5.41, 5.74) is 2.88.